The summed E-state index contributed by atoms with van der Waals surface area (Å²) in [6.45, 7) is 2.47. The highest BCUT2D eigenvalue weighted by Gasteiger charge is 2.28. The molecule has 7 heteroatoms. The fourth-order valence-electron chi connectivity index (χ4n) is 2.10. The zero-order chi connectivity index (χ0) is 14.3. The Morgan fingerprint density at radius 1 is 1.30 bits per heavy atom. The number of sulfone groups is 1. The number of thioether (sulfide) groups is 1. The van der Waals surface area contributed by atoms with Crippen LogP contribution in [0.25, 0.3) is 0 Å². The van der Waals surface area contributed by atoms with E-state index in [0.29, 0.717) is 11.7 Å². The van der Waals surface area contributed by atoms with Crippen LogP contribution < -0.4 is 5.56 Å². The third kappa shape index (κ3) is 2.06. The summed E-state index contributed by atoms with van der Waals surface area (Å²) in [5, 5.41) is 0.805. The molecule has 2 aromatic rings. The fourth-order valence-corrected chi connectivity index (χ4v) is 4.38. The van der Waals surface area contributed by atoms with E-state index in [0.717, 1.165) is 0 Å². The average Bonchev–Trinajstić information content (AvgIpc) is 2.81. The van der Waals surface area contributed by atoms with E-state index in [2.05, 4.69) is 4.98 Å². The van der Waals surface area contributed by atoms with E-state index >= 15 is 0 Å². The van der Waals surface area contributed by atoms with Crippen molar-refractivity contribution in [2.45, 2.75) is 33.7 Å². The Kier molecular flexibility index (Phi) is 3.18. The first-order chi connectivity index (χ1) is 9.50. The van der Waals surface area contributed by atoms with Crippen molar-refractivity contribution in [2.75, 3.05) is 0 Å². The smallest absolute Gasteiger partial charge is 0.273 e. The largest absolute Gasteiger partial charge is 0.285 e. The second kappa shape index (κ2) is 4.75. The van der Waals surface area contributed by atoms with Crippen LogP contribution in [-0.4, -0.2) is 23.2 Å². The summed E-state index contributed by atoms with van der Waals surface area (Å²) >= 11 is 1.48. The van der Waals surface area contributed by atoms with Gasteiger partial charge in [-0.2, -0.15) is 0 Å². The van der Waals surface area contributed by atoms with Crippen molar-refractivity contribution in [3.05, 3.63) is 46.9 Å². The van der Waals surface area contributed by atoms with Gasteiger partial charge in [0.25, 0.3) is 5.56 Å². The number of aromatic nitrogens is 2. The van der Waals surface area contributed by atoms with Crippen LogP contribution in [0.3, 0.4) is 0 Å². The van der Waals surface area contributed by atoms with Gasteiger partial charge >= 0.3 is 0 Å². The van der Waals surface area contributed by atoms with Crippen molar-refractivity contribution in [3.63, 3.8) is 0 Å². The Morgan fingerprint density at radius 2 is 2.00 bits per heavy atom. The molecule has 104 valence electrons. The number of fused-ring (bicyclic) bond motifs is 1. The van der Waals surface area contributed by atoms with Gasteiger partial charge in [0, 0.05) is 11.8 Å². The number of benzene rings is 1. The van der Waals surface area contributed by atoms with Gasteiger partial charge in [0.15, 0.2) is 10.1 Å². The summed E-state index contributed by atoms with van der Waals surface area (Å²) in [6, 6.07) is 7.94. The maximum Gasteiger partial charge on any atom is 0.273 e. The number of hydrogen-bond acceptors (Lipinski definition) is 5. The highest BCUT2D eigenvalue weighted by atomic mass is 32.2. The quantitative estimate of drug-likeness (QED) is 0.788. The number of hydrogen-bond donors (Lipinski definition) is 0. The van der Waals surface area contributed by atoms with E-state index in [1.54, 1.807) is 18.2 Å². The molecule has 0 N–H and O–H groups in total. The summed E-state index contributed by atoms with van der Waals surface area (Å²) in [4.78, 5) is 16.3. The molecule has 0 bridgehead atoms. The Hall–Kier alpha value is -1.60. The predicted octanol–water partition coefficient (Wildman–Crippen LogP) is 1.57. The van der Waals surface area contributed by atoms with Crippen LogP contribution in [0.15, 0.2) is 56.3 Å². The molecule has 0 aliphatic carbocycles. The highest BCUT2D eigenvalue weighted by Crippen LogP contribution is 2.29. The third-order valence-corrected chi connectivity index (χ3v) is 5.91. The standard InChI is InChI=1S/C13H12N2O3S2/c1-9-8-15-12(16)11(7-14-13(15)19-9)20(17,18)10-5-3-2-4-6-10/h2-7,9H,8H2,1H3/t9-/m0/s1. The molecule has 5 nitrogen and oxygen atoms in total. The van der Waals surface area contributed by atoms with Crippen molar-refractivity contribution >= 4 is 21.6 Å². The minimum Gasteiger partial charge on any atom is -0.285 e. The molecule has 0 unspecified atom stereocenters. The Labute approximate surface area is 120 Å². The number of nitrogens with zero attached hydrogens (tertiary/aromatic N) is 2. The van der Waals surface area contributed by atoms with Crippen LogP contribution in [-0.2, 0) is 16.4 Å². The van der Waals surface area contributed by atoms with E-state index in [4.69, 9.17) is 0 Å². The van der Waals surface area contributed by atoms with Crippen LogP contribution in [0.5, 0.6) is 0 Å². The van der Waals surface area contributed by atoms with Crippen LogP contribution in [0.1, 0.15) is 6.92 Å². The summed E-state index contributed by atoms with van der Waals surface area (Å²) < 4.78 is 26.4. The first kappa shape index (κ1) is 13.4. The van der Waals surface area contributed by atoms with Gasteiger partial charge in [-0.25, -0.2) is 13.4 Å². The molecule has 20 heavy (non-hydrogen) atoms. The molecule has 0 spiro atoms. The minimum atomic E-state index is -3.81. The van der Waals surface area contributed by atoms with Crippen molar-refractivity contribution in [1.82, 2.24) is 9.55 Å². The van der Waals surface area contributed by atoms with Crippen LogP contribution in [0, 0.1) is 0 Å². The molecule has 1 aliphatic heterocycles. The van der Waals surface area contributed by atoms with Gasteiger partial charge in [0.1, 0.15) is 0 Å². The van der Waals surface area contributed by atoms with Crippen molar-refractivity contribution in [1.29, 1.82) is 0 Å². The van der Waals surface area contributed by atoms with Crippen LogP contribution in [0.4, 0.5) is 0 Å². The first-order valence-electron chi connectivity index (χ1n) is 6.07. The zero-order valence-corrected chi connectivity index (χ0v) is 12.3. The van der Waals surface area contributed by atoms with Gasteiger partial charge < -0.3 is 0 Å². The lowest BCUT2D eigenvalue weighted by molar-refractivity contribution is 0.574. The average molecular weight is 308 g/mol. The van der Waals surface area contributed by atoms with Gasteiger partial charge in [-0.3, -0.25) is 9.36 Å². The van der Waals surface area contributed by atoms with Gasteiger partial charge in [-0.1, -0.05) is 36.9 Å². The van der Waals surface area contributed by atoms with Gasteiger partial charge in [-0.15, -0.1) is 0 Å². The molecule has 0 radical (unpaired) electrons. The topological polar surface area (TPSA) is 69.0 Å². The molecule has 1 atom stereocenters. The minimum absolute atomic E-state index is 0.109. The third-order valence-electron chi connectivity index (χ3n) is 3.07. The summed E-state index contributed by atoms with van der Waals surface area (Å²) in [7, 11) is -3.81. The predicted molar refractivity (Wildman–Crippen MR) is 75.7 cm³/mol. The van der Waals surface area contributed by atoms with E-state index < -0.39 is 15.4 Å². The second-order valence-corrected chi connectivity index (χ2v) is 7.89. The molecule has 1 aliphatic rings. The lowest BCUT2D eigenvalue weighted by Gasteiger charge is -2.06. The molecular formula is C13H12N2O3S2. The molecule has 0 saturated heterocycles. The summed E-state index contributed by atoms with van der Waals surface area (Å²) in [6.07, 6.45) is 1.17. The Balaban J connectivity index is 2.18. The van der Waals surface area contributed by atoms with Crippen molar-refractivity contribution in [3.8, 4) is 0 Å². The van der Waals surface area contributed by atoms with Crippen LogP contribution >= 0.6 is 11.8 Å². The molecule has 0 saturated carbocycles. The van der Waals surface area contributed by atoms with Gasteiger partial charge in [0.05, 0.1) is 11.1 Å². The zero-order valence-electron chi connectivity index (χ0n) is 10.7. The van der Waals surface area contributed by atoms with E-state index in [1.807, 2.05) is 6.92 Å². The van der Waals surface area contributed by atoms with E-state index in [1.165, 1.54) is 34.7 Å². The molecule has 1 aromatic heterocycles. The lowest BCUT2D eigenvalue weighted by atomic mass is 10.4. The SMILES string of the molecule is C[C@H]1Cn2c(ncc(S(=O)(=O)c3ccccc3)c2=O)S1. The normalized spacial score (nSPS) is 17.9. The summed E-state index contributed by atoms with van der Waals surface area (Å²) in [5.74, 6) is 0. The van der Waals surface area contributed by atoms with E-state index in [-0.39, 0.29) is 15.0 Å². The van der Waals surface area contributed by atoms with E-state index in [9.17, 15) is 13.2 Å². The Morgan fingerprint density at radius 3 is 2.70 bits per heavy atom. The second-order valence-electron chi connectivity index (χ2n) is 4.57. The molecule has 0 fully saturated rings. The molecule has 0 amide bonds. The van der Waals surface area contributed by atoms with Crippen LogP contribution in [0.2, 0.25) is 0 Å². The molecule has 2 heterocycles. The van der Waals surface area contributed by atoms with Crippen molar-refractivity contribution in [2.24, 2.45) is 0 Å². The molecule has 3 rings (SSSR count). The Bertz CT molecular complexity index is 813. The van der Waals surface area contributed by atoms with Gasteiger partial charge in [-0.05, 0) is 12.1 Å². The van der Waals surface area contributed by atoms with Crippen molar-refractivity contribution < 1.29 is 8.42 Å². The lowest BCUT2D eigenvalue weighted by Crippen LogP contribution is -2.27. The molecular weight excluding hydrogens is 296 g/mol. The monoisotopic (exact) mass is 308 g/mol. The maximum absolute atomic E-state index is 12.5. The first-order valence-corrected chi connectivity index (χ1v) is 8.43. The molecule has 1 aromatic carbocycles. The fraction of sp³-hybridized carbons (Fsp3) is 0.231. The maximum atomic E-state index is 12.5. The highest BCUT2D eigenvalue weighted by molar-refractivity contribution is 8.00. The summed E-state index contributed by atoms with van der Waals surface area (Å²) in [5.41, 5.74) is -0.490. The number of rotatable bonds is 2. The van der Waals surface area contributed by atoms with Gasteiger partial charge in [0.2, 0.25) is 9.84 Å².